The number of aromatic nitrogens is 1. The van der Waals surface area contributed by atoms with Crippen molar-refractivity contribution in [3.63, 3.8) is 0 Å². The Morgan fingerprint density at radius 2 is 1.85 bits per heavy atom. The molecule has 3 rings (SSSR count). The quantitative estimate of drug-likeness (QED) is 0.695. The fraction of sp³-hybridized carbons (Fsp3) is 0.400. The van der Waals surface area contributed by atoms with Crippen LogP contribution in [0.1, 0.15) is 24.1 Å². The Morgan fingerprint density at radius 3 is 2.48 bits per heavy atom. The van der Waals surface area contributed by atoms with Gasteiger partial charge in [0.2, 0.25) is 15.9 Å². The number of hydrogen-bond donors (Lipinski definition) is 0. The molecular formula is C20H25N3O3S. The molecule has 2 heterocycles. The average Bonchev–Trinajstić information content (AvgIpc) is 2.61. The number of pyridine rings is 1. The monoisotopic (exact) mass is 387 g/mol. The van der Waals surface area contributed by atoms with Crippen LogP contribution in [0.4, 0.5) is 0 Å². The highest BCUT2D eigenvalue weighted by Crippen LogP contribution is 2.21. The van der Waals surface area contributed by atoms with Gasteiger partial charge in [-0.2, -0.15) is 4.31 Å². The first-order valence-corrected chi connectivity index (χ1v) is 11.0. The molecule has 1 aliphatic rings. The van der Waals surface area contributed by atoms with E-state index in [-0.39, 0.29) is 18.5 Å². The summed E-state index contributed by atoms with van der Waals surface area (Å²) in [7, 11) is -3.37. The summed E-state index contributed by atoms with van der Waals surface area (Å²) in [6.07, 6.45) is 5.02. The van der Waals surface area contributed by atoms with Crippen molar-refractivity contribution < 1.29 is 13.2 Å². The first-order chi connectivity index (χ1) is 12.9. The molecule has 1 aromatic carbocycles. The van der Waals surface area contributed by atoms with E-state index in [1.807, 2.05) is 30.3 Å². The zero-order valence-electron chi connectivity index (χ0n) is 15.5. The lowest BCUT2D eigenvalue weighted by Gasteiger charge is -2.44. The SMILES string of the molecule is CS(=O)(=O)N(Cc1ccccn1)C1CN(C(=O)CCCc2ccccc2)C1. The van der Waals surface area contributed by atoms with Crippen LogP contribution in [0.5, 0.6) is 0 Å². The molecule has 1 aliphatic heterocycles. The standard InChI is InChI=1S/C20H25N3O3S/c1-27(25,26)23(14-18-11-5-6-13-21-18)19-15-22(16-19)20(24)12-7-10-17-8-3-2-4-9-17/h2-6,8-9,11,13,19H,7,10,12,14-16H2,1H3. The van der Waals surface area contributed by atoms with Crippen LogP contribution in [0.2, 0.25) is 0 Å². The molecule has 27 heavy (non-hydrogen) atoms. The molecule has 2 aromatic rings. The number of sulfonamides is 1. The van der Waals surface area contributed by atoms with Gasteiger partial charge in [0.05, 0.1) is 24.5 Å². The number of carbonyl (C=O) groups excluding carboxylic acids is 1. The summed E-state index contributed by atoms with van der Waals surface area (Å²) in [5.74, 6) is 0.0912. The summed E-state index contributed by atoms with van der Waals surface area (Å²) < 4.78 is 25.8. The molecule has 7 heteroatoms. The van der Waals surface area contributed by atoms with Crippen LogP contribution in [-0.4, -0.2) is 53.9 Å². The van der Waals surface area contributed by atoms with E-state index in [1.54, 1.807) is 17.2 Å². The first kappa shape index (κ1) is 19.5. The fourth-order valence-electron chi connectivity index (χ4n) is 3.26. The minimum absolute atomic E-state index is 0.0912. The maximum atomic E-state index is 12.3. The Hall–Kier alpha value is -2.25. The molecule has 0 radical (unpaired) electrons. The predicted molar refractivity (Wildman–Crippen MR) is 104 cm³/mol. The largest absolute Gasteiger partial charge is 0.339 e. The number of benzene rings is 1. The van der Waals surface area contributed by atoms with Gasteiger partial charge in [0.1, 0.15) is 0 Å². The molecule has 0 spiro atoms. The van der Waals surface area contributed by atoms with Crippen molar-refractivity contribution in [2.24, 2.45) is 0 Å². The van der Waals surface area contributed by atoms with Crippen LogP contribution in [0.25, 0.3) is 0 Å². The van der Waals surface area contributed by atoms with Crippen molar-refractivity contribution in [2.45, 2.75) is 31.8 Å². The average molecular weight is 388 g/mol. The minimum atomic E-state index is -3.37. The van der Waals surface area contributed by atoms with Crippen LogP contribution >= 0.6 is 0 Å². The van der Waals surface area contributed by atoms with Gasteiger partial charge < -0.3 is 4.90 Å². The zero-order chi connectivity index (χ0) is 19.3. The Labute approximate surface area is 160 Å². The highest BCUT2D eigenvalue weighted by Gasteiger charge is 2.38. The van der Waals surface area contributed by atoms with Crippen LogP contribution in [0.3, 0.4) is 0 Å². The maximum Gasteiger partial charge on any atom is 0.222 e. The zero-order valence-corrected chi connectivity index (χ0v) is 16.3. The van der Waals surface area contributed by atoms with Crippen molar-refractivity contribution in [3.8, 4) is 0 Å². The second kappa shape index (κ2) is 8.63. The number of amides is 1. The number of hydrogen-bond acceptors (Lipinski definition) is 4. The molecule has 6 nitrogen and oxygen atoms in total. The van der Waals surface area contributed by atoms with E-state index in [9.17, 15) is 13.2 Å². The predicted octanol–water partition coefficient (Wildman–Crippen LogP) is 2.08. The van der Waals surface area contributed by atoms with Gasteiger partial charge >= 0.3 is 0 Å². The van der Waals surface area contributed by atoms with E-state index in [4.69, 9.17) is 0 Å². The van der Waals surface area contributed by atoms with Crippen molar-refractivity contribution in [3.05, 3.63) is 66.0 Å². The number of likely N-dealkylation sites (tertiary alicyclic amines) is 1. The van der Waals surface area contributed by atoms with Crippen molar-refractivity contribution in [1.29, 1.82) is 0 Å². The van der Waals surface area contributed by atoms with Gasteiger partial charge in [0.15, 0.2) is 0 Å². The van der Waals surface area contributed by atoms with E-state index < -0.39 is 10.0 Å². The Kier molecular flexibility index (Phi) is 6.23. The lowest BCUT2D eigenvalue weighted by Crippen LogP contribution is -2.61. The molecule has 0 bridgehead atoms. The second-order valence-electron chi connectivity index (χ2n) is 6.92. The van der Waals surface area contributed by atoms with Crippen molar-refractivity contribution in [2.75, 3.05) is 19.3 Å². The maximum absolute atomic E-state index is 12.3. The molecule has 1 amide bonds. The summed E-state index contributed by atoms with van der Waals surface area (Å²) in [6, 6.07) is 15.4. The van der Waals surface area contributed by atoms with Gasteiger partial charge in [0, 0.05) is 25.7 Å². The van der Waals surface area contributed by atoms with Crippen LogP contribution in [0.15, 0.2) is 54.7 Å². The Bertz CT molecular complexity index is 851. The molecule has 0 aliphatic carbocycles. The van der Waals surface area contributed by atoms with Crippen molar-refractivity contribution >= 4 is 15.9 Å². The van der Waals surface area contributed by atoms with Gasteiger partial charge in [-0.3, -0.25) is 9.78 Å². The molecule has 144 valence electrons. The smallest absolute Gasteiger partial charge is 0.222 e. The summed E-state index contributed by atoms with van der Waals surface area (Å²) >= 11 is 0. The fourth-order valence-corrected chi connectivity index (χ4v) is 4.30. The third-order valence-electron chi connectivity index (χ3n) is 4.79. The van der Waals surface area contributed by atoms with E-state index in [0.717, 1.165) is 12.8 Å². The van der Waals surface area contributed by atoms with Crippen LogP contribution < -0.4 is 0 Å². The summed E-state index contributed by atoms with van der Waals surface area (Å²) in [5, 5.41) is 0. The van der Waals surface area contributed by atoms with E-state index in [1.165, 1.54) is 16.1 Å². The molecular weight excluding hydrogens is 362 g/mol. The number of aryl methyl sites for hydroxylation is 1. The molecule has 0 atom stereocenters. The third-order valence-corrected chi connectivity index (χ3v) is 6.07. The van der Waals surface area contributed by atoms with E-state index in [2.05, 4.69) is 17.1 Å². The van der Waals surface area contributed by atoms with Crippen molar-refractivity contribution in [1.82, 2.24) is 14.2 Å². The lowest BCUT2D eigenvalue weighted by atomic mass is 10.0. The van der Waals surface area contributed by atoms with Gasteiger partial charge in [-0.05, 0) is 30.5 Å². The Balaban J connectivity index is 1.49. The summed E-state index contributed by atoms with van der Waals surface area (Å²) in [4.78, 5) is 18.3. The molecule has 0 N–H and O–H groups in total. The summed E-state index contributed by atoms with van der Waals surface area (Å²) in [6.45, 7) is 1.13. The molecule has 1 aromatic heterocycles. The number of carbonyl (C=O) groups is 1. The highest BCUT2D eigenvalue weighted by atomic mass is 32.2. The highest BCUT2D eigenvalue weighted by molar-refractivity contribution is 7.88. The topological polar surface area (TPSA) is 70.6 Å². The number of rotatable bonds is 8. The molecule has 1 fully saturated rings. The van der Waals surface area contributed by atoms with E-state index >= 15 is 0 Å². The van der Waals surface area contributed by atoms with Gasteiger partial charge in [0.25, 0.3) is 0 Å². The number of nitrogens with zero attached hydrogens (tertiary/aromatic N) is 3. The molecule has 0 saturated carbocycles. The van der Waals surface area contributed by atoms with Gasteiger partial charge in [-0.1, -0.05) is 36.4 Å². The summed E-state index contributed by atoms with van der Waals surface area (Å²) in [5.41, 5.74) is 1.93. The van der Waals surface area contributed by atoms with Gasteiger partial charge in [-0.25, -0.2) is 8.42 Å². The molecule has 0 unspecified atom stereocenters. The second-order valence-corrected chi connectivity index (χ2v) is 8.86. The van der Waals surface area contributed by atoms with Crippen LogP contribution in [0, 0.1) is 0 Å². The third kappa shape index (κ3) is 5.37. The van der Waals surface area contributed by atoms with Gasteiger partial charge in [-0.15, -0.1) is 0 Å². The lowest BCUT2D eigenvalue weighted by molar-refractivity contribution is -0.137. The Morgan fingerprint density at radius 1 is 1.15 bits per heavy atom. The first-order valence-electron chi connectivity index (χ1n) is 9.12. The van der Waals surface area contributed by atoms with Crippen LogP contribution in [-0.2, 0) is 27.8 Å². The normalized spacial score (nSPS) is 15.0. The molecule has 1 saturated heterocycles. The van der Waals surface area contributed by atoms with E-state index in [0.29, 0.717) is 25.2 Å². The minimum Gasteiger partial charge on any atom is -0.339 e.